The third-order valence-corrected chi connectivity index (χ3v) is 4.36. The number of nitrogens with one attached hydrogen (secondary N) is 2. The van der Waals surface area contributed by atoms with Crippen LogP contribution in [-0.2, 0) is 9.59 Å². The van der Waals surface area contributed by atoms with Crippen molar-refractivity contribution in [2.45, 2.75) is 12.5 Å². The van der Waals surface area contributed by atoms with Crippen LogP contribution in [0.25, 0.3) is 0 Å². The number of carbonyl (C=O) groups excluding carboxylic acids is 3. The summed E-state index contributed by atoms with van der Waals surface area (Å²) in [6.07, 6.45) is -0.109. The highest BCUT2D eigenvalue weighted by Crippen LogP contribution is 2.18. The van der Waals surface area contributed by atoms with E-state index in [0.717, 1.165) is 0 Å². The summed E-state index contributed by atoms with van der Waals surface area (Å²) in [5.74, 6) is -0.297. The van der Waals surface area contributed by atoms with Crippen LogP contribution in [0.15, 0.2) is 54.6 Å². The summed E-state index contributed by atoms with van der Waals surface area (Å²) in [5.41, 5.74) is 1.09. The smallest absolute Gasteiger partial charge is 0.254 e. The van der Waals surface area contributed by atoms with Gasteiger partial charge < -0.3 is 20.3 Å². The fourth-order valence-corrected chi connectivity index (χ4v) is 2.97. The molecule has 7 heteroatoms. The number of ether oxygens (including phenoxy) is 1. The van der Waals surface area contributed by atoms with Gasteiger partial charge in [-0.2, -0.15) is 0 Å². The van der Waals surface area contributed by atoms with Crippen molar-refractivity contribution in [3.05, 3.63) is 60.2 Å². The summed E-state index contributed by atoms with van der Waals surface area (Å²) in [5, 5.41) is 5.47. The van der Waals surface area contributed by atoms with E-state index in [2.05, 4.69) is 10.6 Å². The van der Waals surface area contributed by atoms with Gasteiger partial charge in [0, 0.05) is 24.3 Å². The number of anilines is 1. The van der Waals surface area contributed by atoms with Crippen LogP contribution in [0.3, 0.4) is 0 Å². The Morgan fingerprint density at radius 2 is 1.85 bits per heavy atom. The summed E-state index contributed by atoms with van der Waals surface area (Å²) < 4.78 is 5.10. The van der Waals surface area contributed by atoms with Crippen LogP contribution < -0.4 is 15.4 Å². The molecule has 140 valence electrons. The number of piperazine rings is 1. The fraction of sp³-hybridized carbons (Fsp3) is 0.250. The Bertz CT molecular complexity index is 821. The molecule has 1 aliphatic rings. The van der Waals surface area contributed by atoms with Crippen molar-refractivity contribution in [1.29, 1.82) is 0 Å². The molecule has 1 heterocycles. The fourth-order valence-electron chi connectivity index (χ4n) is 2.97. The molecule has 1 saturated heterocycles. The molecule has 2 aromatic rings. The average molecular weight is 367 g/mol. The zero-order valence-corrected chi connectivity index (χ0v) is 15.0. The SMILES string of the molecule is COc1ccc(C(=O)N2CCNC(=O)C2CC(=O)Nc2ccccc2)cc1. The number of para-hydroxylation sites is 1. The molecular formula is C20H21N3O4. The van der Waals surface area contributed by atoms with E-state index in [1.54, 1.807) is 43.5 Å². The Hall–Kier alpha value is -3.35. The molecular weight excluding hydrogens is 346 g/mol. The Labute approximate surface area is 157 Å². The van der Waals surface area contributed by atoms with Crippen LogP contribution in [-0.4, -0.2) is 48.9 Å². The minimum absolute atomic E-state index is 0.109. The van der Waals surface area contributed by atoms with Crippen LogP contribution in [0.1, 0.15) is 16.8 Å². The van der Waals surface area contributed by atoms with Crippen molar-refractivity contribution in [3.63, 3.8) is 0 Å². The summed E-state index contributed by atoms with van der Waals surface area (Å²) in [7, 11) is 1.55. The first-order chi connectivity index (χ1) is 13.1. The first-order valence-electron chi connectivity index (χ1n) is 8.66. The van der Waals surface area contributed by atoms with E-state index < -0.39 is 6.04 Å². The Balaban J connectivity index is 1.73. The topological polar surface area (TPSA) is 87.7 Å². The van der Waals surface area contributed by atoms with E-state index in [4.69, 9.17) is 4.74 Å². The van der Waals surface area contributed by atoms with Gasteiger partial charge in [-0.05, 0) is 36.4 Å². The number of methoxy groups -OCH3 is 1. The van der Waals surface area contributed by atoms with Crippen LogP contribution >= 0.6 is 0 Å². The molecule has 0 aliphatic carbocycles. The second-order valence-corrected chi connectivity index (χ2v) is 6.15. The van der Waals surface area contributed by atoms with Gasteiger partial charge in [0.1, 0.15) is 11.8 Å². The zero-order chi connectivity index (χ0) is 19.2. The lowest BCUT2D eigenvalue weighted by Gasteiger charge is -2.34. The van der Waals surface area contributed by atoms with Gasteiger partial charge in [-0.15, -0.1) is 0 Å². The number of hydrogen-bond donors (Lipinski definition) is 2. The second kappa shape index (κ2) is 8.35. The quantitative estimate of drug-likeness (QED) is 0.841. The van der Waals surface area contributed by atoms with Crippen LogP contribution in [0.5, 0.6) is 5.75 Å². The molecule has 1 aliphatic heterocycles. The standard InChI is InChI=1S/C20H21N3O4/c1-27-16-9-7-14(8-10-16)20(26)23-12-11-21-19(25)17(23)13-18(24)22-15-5-3-2-4-6-15/h2-10,17H,11-13H2,1H3,(H,21,25)(H,22,24). The number of carbonyl (C=O) groups is 3. The number of benzene rings is 2. The van der Waals surface area contributed by atoms with Crippen molar-refractivity contribution >= 4 is 23.4 Å². The van der Waals surface area contributed by atoms with Gasteiger partial charge in [-0.3, -0.25) is 14.4 Å². The molecule has 3 rings (SSSR count). The minimum atomic E-state index is -0.850. The van der Waals surface area contributed by atoms with Gasteiger partial charge in [0.05, 0.1) is 13.5 Å². The first-order valence-corrected chi connectivity index (χ1v) is 8.66. The van der Waals surface area contributed by atoms with E-state index in [9.17, 15) is 14.4 Å². The molecule has 1 unspecified atom stereocenters. The van der Waals surface area contributed by atoms with Gasteiger partial charge in [0.2, 0.25) is 11.8 Å². The maximum Gasteiger partial charge on any atom is 0.254 e. The maximum atomic E-state index is 12.9. The van der Waals surface area contributed by atoms with Gasteiger partial charge in [0.25, 0.3) is 5.91 Å². The Morgan fingerprint density at radius 1 is 1.15 bits per heavy atom. The van der Waals surface area contributed by atoms with Gasteiger partial charge in [-0.25, -0.2) is 0 Å². The van der Waals surface area contributed by atoms with Crippen LogP contribution in [0.4, 0.5) is 5.69 Å². The van der Waals surface area contributed by atoms with Crippen LogP contribution in [0.2, 0.25) is 0 Å². The van der Waals surface area contributed by atoms with Crippen molar-refractivity contribution in [1.82, 2.24) is 10.2 Å². The lowest BCUT2D eigenvalue weighted by Crippen LogP contribution is -2.58. The van der Waals surface area contributed by atoms with Crippen molar-refractivity contribution in [2.75, 3.05) is 25.5 Å². The largest absolute Gasteiger partial charge is 0.497 e. The molecule has 0 bridgehead atoms. The summed E-state index contributed by atoms with van der Waals surface area (Å²) in [6.45, 7) is 0.706. The number of nitrogens with zero attached hydrogens (tertiary/aromatic N) is 1. The van der Waals surface area contributed by atoms with Gasteiger partial charge in [0.15, 0.2) is 0 Å². The summed E-state index contributed by atoms with van der Waals surface area (Å²) in [4.78, 5) is 39.0. The highest BCUT2D eigenvalue weighted by atomic mass is 16.5. The number of rotatable bonds is 5. The molecule has 0 aromatic heterocycles. The predicted molar refractivity (Wildman–Crippen MR) is 101 cm³/mol. The van der Waals surface area contributed by atoms with Crippen molar-refractivity contribution < 1.29 is 19.1 Å². The maximum absolute atomic E-state index is 12.9. The molecule has 27 heavy (non-hydrogen) atoms. The Morgan fingerprint density at radius 3 is 2.52 bits per heavy atom. The van der Waals surface area contributed by atoms with E-state index in [1.807, 2.05) is 18.2 Å². The highest BCUT2D eigenvalue weighted by molar-refractivity contribution is 6.01. The number of hydrogen-bond acceptors (Lipinski definition) is 4. The highest BCUT2D eigenvalue weighted by Gasteiger charge is 2.35. The molecule has 1 atom stereocenters. The zero-order valence-electron chi connectivity index (χ0n) is 15.0. The summed E-state index contributed by atoms with van der Waals surface area (Å²) in [6, 6.07) is 14.8. The third kappa shape index (κ3) is 4.44. The molecule has 1 fully saturated rings. The monoisotopic (exact) mass is 367 g/mol. The van der Waals surface area contributed by atoms with Crippen molar-refractivity contribution in [2.24, 2.45) is 0 Å². The molecule has 0 radical (unpaired) electrons. The molecule has 7 nitrogen and oxygen atoms in total. The molecule has 0 saturated carbocycles. The normalized spacial score (nSPS) is 16.4. The van der Waals surface area contributed by atoms with Crippen molar-refractivity contribution in [3.8, 4) is 5.75 Å². The van der Waals surface area contributed by atoms with Crippen LogP contribution in [0, 0.1) is 0 Å². The average Bonchev–Trinajstić information content (AvgIpc) is 2.70. The van der Waals surface area contributed by atoms with E-state index >= 15 is 0 Å². The molecule has 2 N–H and O–H groups in total. The number of amides is 3. The summed E-state index contributed by atoms with van der Waals surface area (Å²) >= 11 is 0. The third-order valence-electron chi connectivity index (χ3n) is 4.36. The molecule has 3 amide bonds. The first kappa shape index (κ1) is 18.4. The van der Waals surface area contributed by atoms with E-state index in [0.29, 0.717) is 30.1 Å². The lowest BCUT2D eigenvalue weighted by molar-refractivity contribution is -0.131. The van der Waals surface area contributed by atoms with Gasteiger partial charge in [-0.1, -0.05) is 18.2 Å². The second-order valence-electron chi connectivity index (χ2n) is 6.15. The van der Waals surface area contributed by atoms with Gasteiger partial charge >= 0.3 is 0 Å². The van der Waals surface area contributed by atoms with E-state index in [-0.39, 0.29) is 24.1 Å². The minimum Gasteiger partial charge on any atom is -0.497 e. The Kier molecular flexibility index (Phi) is 5.71. The molecule has 0 spiro atoms. The lowest BCUT2D eigenvalue weighted by atomic mass is 10.1. The molecule has 2 aromatic carbocycles. The predicted octanol–water partition coefficient (Wildman–Crippen LogP) is 1.66. The van der Waals surface area contributed by atoms with E-state index in [1.165, 1.54) is 4.90 Å².